The molecule has 1 saturated heterocycles. The van der Waals surface area contributed by atoms with Gasteiger partial charge in [0.15, 0.2) is 0 Å². The minimum Gasteiger partial charge on any atom is -0.467 e. The van der Waals surface area contributed by atoms with Gasteiger partial charge in [-0.2, -0.15) is 0 Å². The number of nitrogens with zero attached hydrogens (tertiary/aromatic N) is 1. The van der Waals surface area contributed by atoms with Crippen LogP contribution in [0, 0.1) is 0 Å². The second kappa shape index (κ2) is 6.29. The molecule has 1 aliphatic heterocycles. The summed E-state index contributed by atoms with van der Waals surface area (Å²) in [5.41, 5.74) is 0.181. The molecule has 0 spiro atoms. The molecule has 24 heavy (non-hydrogen) atoms. The minimum absolute atomic E-state index is 0.00943. The Balaban J connectivity index is 1.86. The summed E-state index contributed by atoms with van der Waals surface area (Å²) in [4.78, 5) is 24.1. The van der Waals surface area contributed by atoms with Gasteiger partial charge in [-0.1, -0.05) is 11.6 Å². The number of carbonyl (C=O) groups excluding carboxylic acids is 2. The maximum Gasteiger partial charge on any atom is 0.251 e. The van der Waals surface area contributed by atoms with Crippen molar-refractivity contribution < 1.29 is 22.4 Å². The van der Waals surface area contributed by atoms with E-state index in [1.54, 1.807) is 12.1 Å². The number of halogens is 1. The average molecular weight is 369 g/mol. The van der Waals surface area contributed by atoms with Crippen molar-refractivity contribution in [1.29, 1.82) is 0 Å². The lowest BCUT2D eigenvalue weighted by atomic mass is 10.2. The molecule has 2 heterocycles. The van der Waals surface area contributed by atoms with Gasteiger partial charge < -0.3 is 9.73 Å². The van der Waals surface area contributed by atoms with E-state index in [2.05, 4.69) is 5.32 Å². The van der Waals surface area contributed by atoms with Crippen LogP contribution in [0.3, 0.4) is 0 Å². The van der Waals surface area contributed by atoms with E-state index in [0.29, 0.717) is 10.1 Å². The first-order valence-corrected chi connectivity index (χ1v) is 9.03. The number of sulfonamides is 1. The third-order valence-corrected chi connectivity index (χ3v) is 5.51. The van der Waals surface area contributed by atoms with E-state index in [-0.39, 0.29) is 35.0 Å². The Labute approximate surface area is 143 Å². The summed E-state index contributed by atoms with van der Waals surface area (Å²) in [7, 11) is -3.75. The van der Waals surface area contributed by atoms with Crippen LogP contribution in [0.1, 0.15) is 22.5 Å². The molecule has 9 heteroatoms. The molecule has 1 fully saturated rings. The van der Waals surface area contributed by atoms with Gasteiger partial charge in [-0.15, -0.1) is 0 Å². The van der Waals surface area contributed by atoms with Gasteiger partial charge in [0.1, 0.15) is 5.76 Å². The minimum atomic E-state index is -3.75. The van der Waals surface area contributed by atoms with Gasteiger partial charge in [-0.3, -0.25) is 9.59 Å². The largest absolute Gasteiger partial charge is 0.467 e. The summed E-state index contributed by atoms with van der Waals surface area (Å²) in [6, 6.07) is 7.55. The van der Waals surface area contributed by atoms with Crippen molar-refractivity contribution in [3.63, 3.8) is 0 Å². The molecule has 0 bridgehead atoms. The molecule has 0 radical (unpaired) electrons. The van der Waals surface area contributed by atoms with Crippen LogP contribution >= 0.6 is 11.6 Å². The molecule has 0 unspecified atom stereocenters. The standard InChI is InChI=1S/C15H13ClN2O5S/c16-12-4-3-10(15(20)17-9-11-2-1-6-23-11)8-13(12)18-14(19)5-7-24(18,21)22/h1-4,6,8H,5,7,9H2,(H,17,20). The molecule has 3 rings (SSSR count). The summed E-state index contributed by atoms with van der Waals surface area (Å²) >= 11 is 6.03. The van der Waals surface area contributed by atoms with Crippen molar-refractivity contribution in [3.8, 4) is 0 Å². The van der Waals surface area contributed by atoms with Gasteiger partial charge in [-0.05, 0) is 30.3 Å². The Morgan fingerprint density at radius 1 is 1.33 bits per heavy atom. The highest BCUT2D eigenvalue weighted by molar-refractivity contribution is 7.94. The molecule has 2 amide bonds. The van der Waals surface area contributed by atoms with Crippen LogP contribution in [-0.4, -0.2) is 26.0 Å². The van der Waals surface area contributed by atoms with Crippen LogP contribution in [0.15, 0.2) is 41.0 Å². The van der Waals surface area contributed by atoms with Crippen LogP contribution in [0.4, 0.5) is 5.69 Å². The molecule has 126 valence electrons. The fourth-order valence-electron chi connectivity index (χ4n) is 2.34. The zero-order valence-electron chi connectivity index (χ0n) is 12.4. The molecule has 1 aromatic heterocycles. The van der Waals surface area contributed by atoms with Crippen LogP contribution in [-0.2, 0) is 21.4 Å². The Bertz CT molecular complexity index is 893. The van der Waals surface area contributed by atoms with E-state index in [0.717, 1.165) is 0 Å². The Hall–Kier alpha value is -2.32. The molecule has 1 N–H and O–H groups in total. The van der Waals surface area contributed by atoms with Crippen molar-refractivity contribution >= 4 is 39.1 Å². The topological polar surface area (TPSA) is 96.7 Å². The predicted molar refractivity (Wildman–Crippen MR) is 87.2 cm³/mol. The summed E-state index contributed by atoms with van der Waals surface area (Å²) in [5, 5.41) is 2.72. The molecule has 2 aromatic rings. The van der Waals surface area contributed by atoms with Crippen molar-refractivity contribution in [2.75, 3.05) is 10.1 Å². The molecule has 1 aromatic carbocycles. The van der Waals surface area contributed by atoms with E-state index >= 15 is 0 Å². The number of benzene rings is 1. The number of hydrogen-bond donors (Lipinski definition) is 1. The molecule has 0 saturated carbocycles. The number of rotatable bonds is 4. The number of nitrogens with one attached hydrogen (secondary N) is 1. The number of furan rings is 1. The van der Waals surface area contributed by atoms with E-state index in [1.165, 1.54) is 24.5 Å². The van der Waals surface area contributed by atoms with Crippen molar-refractivity contribution in [2.24, 2.45) is 0 Å². The third kappa shape index (κ3) is 3.15. The number of hydrogen-bond acceptors (Lipinski definition) is 5. The lowest BCUT2D eigenvalue weighted by Crippen LogP contribution is -2.30. The predicted octanol–water partition coefficient (Wildman–Crippen LogP) is 1.93. The fraction of sp³-hybridized carbons (Fsp3) is 0.200. The van der Waals surface area contributed by atoms with E-state index < -0.39 is 21.8 Å². The van der Waals surface area contributed by atoms with Gasteiger partial charge in [-0.25, -0.2) is 12.7 Å². The van der Waals surface area contributed by atoms with Gasteiger partial charge >= 0.3 is 0 Å². The fourth-order valence-corrected chi connectivity index (χ4v) is 4.06. The van der Waals surface area contributed by atoms with E-state index in [9.17, 15) is 18.0 Å². The lowest BCUT2D eigenvalue weighted by molar-refractivity contribution is -0.116. The molecule has 0 aliphatic carbocycles. The van der Waals surface area contributed by atoms with E-state index in [1.807, 2.05) is 0 Å². The maximum absolute atomic E-state index is 12.2. The summed E-state index contributed by atoms with van der Waals surface area (Å²) in [5.74, 6) is -0.690. The molecule has 0 atom stereocenters. The SMILES string of the molecule is O=C(NCc1ccco1)c1ccc(Cl)c(N2C(=O)CCS2(=O)=O)c1. The molecular weight excluding hydrogens is 356 g/mol. The second-order valence-electron chi connectivity index (χ2n) is 5.15. The van der Waals surface area contributed by atoms with Crippen LogP contribution in [0.2, 0.25) is 5.02 Å². The Kier molecular flexibility index (Phi) is 4.33. The zero-order chi connectivity index (χ0) is 17.3. The van der Waals surface area contributed by atoms with Crippen LogP contribution in [0.25, 0.3) is 0 Å². The van der Waals surface area contributed by atoms with Crippen molar-refractivity contribution in [2.45, 2.75) is 13.0 Å². The first kappa shape index (κ1) is 16.5. The van der Waals surface area contributed by atoms with Gasteiger partial charge in [0, 0.05) is 12.0 Å². The number of anilines is 1. The smallest absolute Gasteiger partial charge is 0.251 e. The summed E-state index contributed by atoms with van der Waals surface area (Å²) in [6.07, 6.45) is 1.39. The number of amides is 2. The highest BCUT2D eigenvalue weighted by Crippen LogP contribution is 2.32. The summed E-state index contributed by atoms with van der Waals surface area (Å²) in [6.45, 7) is 0.185. The average Bonchev–Trinajstić information content (AvgIpc) is 3.14. The maximum atomic E-state index is 12.2. The van der Waals surface area contributed by atoms with Gasteiger partial charge in [0.2, 0.25) is 15.9 Å². The van der Waals surface area contributed by atoms with Crippen molar-refractivity contribution in [3.05, 3.63) is 52.9 Å². The summed E-state index contributed by atoms with van der Waals surface area (Å²) < 4.78 is 29.8. The normalized spacial score (nSPS) is 16.4. The first-order valence-electron chi connectivity index (χ1n) is 7.04. The van der Waals surface area contributed by atoms with Gasteiger partial charge in [0.25, 0.3) is 5.91 Å². The Morgan fingerprint density at radius 3 is 2.75 bits per heavy atom. The van der Waals surface area contributed by atoms with Crippen LogP contribution in [0.5, 0.6) is 0 Å². The highest BCUT2D eigenvalue weighted by Gasteiger charge is 2.37. The molecule has 1 aliphatic rings. The monoisotopic (exact) mass is 368 g/mol. The lowest BCUT2D eigenvalue weighted by Gasteiger charge is -2.17. The number of carbonyl (C=O) groups is 2. The van der Waals surface area contributed by atoms with E-state index in [4.69, 9.17) is 16.0 Å². The Morgan fingerprint density at radius 2 is 2.12 bits per heavy atom. The first-order chi connectivity index (χ1) is 11.4. The quantitative estimate of drug-likeness (QED) is 0.889. The van der Waals surface area contributed by atoms with Crippen molar-refractivity contribution in [1.82, 2.24) is 5.32 Å². The third-order valence-electron chi connectivity index (χ3n) is 3.51. The van der Waals surface area contributed by atoms with Gasteiger partial charge in [0.05, 0.1) is 29.3 Å². The highest BCUT2D eigenvalue weighted by atomic mass is 35.5. The molecular formula is C15H13ClN2O5S. The second-order valence-corrected chi connectivity index (χ2v) is 7.50. The van der Waals surface area contributed by atoms with Crippen LogP contribution < -0.4 is 9.62 Å². The zero-order valence-corrected chi connectivity index (χ0v) is 13.9. The molecule has 7 nitrogen and oxygen atoms in total.